The van der Waals surface area contributed by atoms with Crippen LogP contribution in [0.1, 0.15) is 0 Å². The number of fused-ring (bicyclic) bond motifs is 1. The van der Waals surface area contributed by atoms with Gasteiger partial charge < -0.3 is 10.5 Å². The molecule has 4 heteroatoms. The number of nitrogen functional groups attached to an aromatic ring is 1. The van der Waals surface area contributed by atoms with E-state index in [0.29, 0.717) is 5.13 Å². The molecule has 0 radical (unpaired) electrons. The van der Waals surface area contributed by atoms with E-state index in [9.17, 15) is 0 Å². The highest BCUT2D eigenvalue weighted by Gasteiger charge is 2.07. The molecule has 1 aromatic heterocycles. The van der Waals surface area contributed by atoms with Crippen molar-refractivity contribution >= 4 is 26.7 Å². The number of methoxy groups -OCH3 is 1. The van der Waals surface area contributed by atoms with E-state index in [1.807, 2.05) is 36.4 Å². The monoisotopic (exact) mass is 256 g/mol. The van der Waals surface area contributed by atoms with Gasteiger partial charge in [0.2, 0.25) is 0 Å². The molecular formula is C14H12N2OS. The van der Waals surface area contributed by atoms with Gasteiger partial charge in [-0.3, -0.25) is 0 Å². The fraction of sp³-hybridized carbons (Fsp3) is 0.0714. The minimum atomic E-state index is 0.599. The Labute approximate surface area is 109 Å². The van der Waals surface area contributed by atoms with Crippen LogP contribution in [0.5, 0.6) is 5.75 Å². The van der Waals surface area contributed by atoms with Crippen LogP contribution >= 0.6 is 11.3 Å². The molecule has 0 aliphatic rings. The maximum absolute atomic E-state index is 5.72. The van der Waals surface area contributed by atoms with Crippen molar-refractivity contribution in [1.82, 2.24) is 4.98 Å². The SMILES string of the molecule is COc1ccccc1-c1ccc2nc(N)sc2c1. The molecule has 0 spiro atoms. The Morgan fingerprint density at radius 2 is 2.00 bits per heavy atom. The molecule has 0 aliphatic heterocycles. The van der Waals surface area contributed by atoms with Gasteiger partial charge in [-0.2, -0.15) is 0 Å². The summed E-state index contributed by atoms with van der Waals surface area (Å²) in [5.41, 5.74) is 8.85. The molecule has 0 amide bonds. The zero-order valence-electron chi connectivity index (χ0n) is 9.88. The number of thiazole rings is 1. The Morgan fingerprint density at radius 1 is 1.17 bits per heavy atom. The molecule has 2 aromatic carbocycles. The van der Waals surface area contributed by atoms with Gasteiger partial charge in [0.1, 0.15) is 5.75 Å². The highest BCUT2D eigenvalue weighted by molar-refractivity contribution is 7.22. The largest absolute Gasteiger partial charge is 0.496 e. The van der Waals surface area contributed by atoms with Gasteiger partial charge in [0, 0.05) is 5.56 Å². The van der Waals surface area contributed by atoms with Gasteiger partial charge in [0.15, 0.2) is 5.13 Å². The topological polar surface area (TPSA) is 48.1 Å². The minimum Gasteiger partial charge on any atom is -0.496 e. The summed E-state index contributed by atoms with van der Waals surface area (Å²) < 4.78 is 6.47. The highest BCUT2D eigenvalue weighted by Crippen LogP contribution is 2.33. The molecule has 3 nitrogen and oxygen atoms in total. The van der Waals surface area contributed by atoms with Crippen LogP contribution < -0.4 is 10.5 Å². The van der Waals surface area contributed by atoms with Gasteiger partial charge in [-0.25, -0.2) is 4.98 Å². The lowest BCUT2D eigenvalue weighted by molar-refractivity contribution is 0.416. The van der Waals surface area contributed by atoms with Crippen LogP contribution in [0.25, 0.3) is 21.3 Å². The second-order valence-corrected chi connectivity index (χ2v) is 5.00. The Morgan fingerprint density at radius 3 is 2.83 bits per heavy atom. The van der Waals surface area contributed by atoms with Gasteiger partial charge in [0.25, 0.3) is 0 Å². The first-order chi connectivity index (χ1) is 8.78. The standard InChI is InChI=1S/C14H12N2OS/c1-17-12-5-3-2-4-10(12)9-6-7-11-13(8-9)18-14(15)16-11/h2-8H,1H3,(H2,15,16). The molecule has 0 atom stereocenters. The molecule has 0 unspecified atom stereocenters. The van der Waals surface area contributed by atoms with Gasteiger partial charge in [0.05, 0.1) is 17.3 Å². The quantitative estimate of drug-likeness (QED) is 0.762. The summed E-state index contributed by atoms with van der Waals surface area (Å²) in [4.78, 5) is 4.26. The van der Waals surface area contributed by atoms with Crippen molar-refractivity contribution < 1.29 is 4.74 Å². The molecule has 0 fully saturated rings. The van der Waals surface area contributed by atoms with E-state index in [1.54, 1.807) is 7.11 Å². The third-order valence-electron chi connectivity index (χ3n) is 2.82. The number of para-hydroxylation sites is 1. The summed E-state index contributed by atoms with van der Waals surface area (Å²) >= 11 is 1.50. The summed E-state index contributed by atoms with van der Waals surface area (Å²) in [7, 11) is 1.68. The second-order valence-electron chi connectivity index (χ2n) is 3.93. The van der Waals surface area contributed by atoms with Crippen molar-refractivity contribution in [2.24, 2.45) is 0 Å². The van der Waals surface area contributed by atoms with Crippen molar-refractivity contribution in [2.45, 2.75) is 0 Å². The first-order valence-electron chi connectivity index (χ1n) is 5.57. The maximum Gasteiger partial charge on any atom is 0.181 e. The Kier molecular flexibility index (Phi) is 2.64. The minimum absolute atomic E-state index is 0.599. The van der Waals surface area contributed by atoms with E-state index in [4.69, 9.17) is 10.5 Å². The van der Waals surface area contributed by atoms with Gasteiger partial charge in [-0.15, -0.1) is 0 Å². The predicted molar refractivity (Wildman–Crippen MR) is 76.0 cm³/mol. The molecule has 90 valence electrons. The number of ether oxygens (including phenoxy) is 1. The predicted octanol–water partition coefficient (Wildman–Crippen LogP) is 3.55. The van der Waals surface area contributed by atoms with Crippen molar-refractivity contribution in [3.8, 4) is 16.9 Å². The smallest absolute Gasteiger partial charge is 0.181 e. The number of hydrogen-bond donors (Lipinski definition) is 1. The normalized spacial score (nSPS) is 10.7. The first-order valence-corrected chi connectivity index (χ1v) is 6.39. The molecule has 18 heavy (non-hydrogen) atoms. The van der Waals surface area contributed by atoms with Crippen LogP contribution in [-0.2, 0) is 0 Å². The van der Waals surface area contributed by atoms with E-state index in [-0.39, 0.29) is 0 Å². The van der Waals surface area contributed by atoms with E-state index < -0.39 is 0 Å². The van der Waals surface area contributed by atoms with E-state index in [1.165, 1.54) is 11.3 Å². The Balaban J connectivity index is 2.18. The molecule has 0 aliphatic carbocycles. The van der Waals surface area contributed by atoms with Crippen LogP contribution in [-0.4, -0.2) is 12.1 Å². The molecule has 3 aromatic rings. The number of nitrogens with zero attached hydrogens (tertiary/aromatic N) is 1. The van der Waals surface area contributed by atoms with E-state index in [2.05, 4.69) is 11.1 Å². The molecule has 1 heterocycles. The second kappa shape index (κ2) is 4.31. The van der Waals surface area contributed by atoms with Crippen molar-refractivity contribution in [2.75, 3.05) is 12.8 Å². The summed E-state index contributed by atoms with van der Waals surface area (Å²) in [5.74, 6) is 0.870. The lowest BCUT2D eigenvalue weighted by Gasteiger charge is -2.07. The zero-order chi connectivity index (χ0) is 12.5. The first kappa shape index (κ1) is 11.0. The summed E-state index contributed by atoms with van der Waals surface area (Å²) in [6.45, 7) is 0. The lowest BCUT2D eigenvalue weighted by Crippen LogP contribution is -1.86. The fourth-order valence-electron chi connectivity index (χ4n) is 1.99. The molecule has 0 saturated heterocycles. The van der Waals surface area contributed by atoms with E-state index in [0.717, 1.165) is 27.1 Å². The molecule has 0 saturated carbocycles. The summed E-state index contributed by atoms with van der Waals surface area (Å²) in [5, 5.41) is 0.599. The van der Waals surface area contributed by atoms with Crippen LogP contribution in [0.15, 0.2) is 42.5 Å². The van der Waals surface area contributed by atoms with Gasteiger partial charge in [-0.1, -0.05) is 35.6 Å². The lowest BCUT2D eigenvalue weighted by atomic mass is 10.0. The van der Waals surface area contributed by atoms with Crippen LogP contribution in [0.3, 0.4) is 0 Å². The zero-order valence-corrected chi connectivity index (χ0v) is 10.7. The number of benzene rings is 2. The third-order valence-corrected chi connectivity index (χ3v) is 3.67. The molecule has 0 bridgehead atoms. The summed E-state index contributed by atoms with van der Waals surface area (Å²) in [6, 6.07) is 14.1. The van der Waals surface area contributed by atoms with Crippen LogP contribution in [0, 0.1) is 0 Å². The molecular weight excluding hydrogens is 244 g/mol. The Bertz CT molecular complexity index is 706. The number of nitrogens with two attached hydrogens (primary N) is 1. The third kappa shape index (κ3) is 1.80. The van der Waals surface area contributed by atoms with E-state index >= 15 is 0 Å². The maximum atomic E-state index is 5.72. The van der Waals surface area contributed by atoms with Crippen LogP contribution in [0.4, 0.5) is 5.13 Å². The number of rotatable bonds is 2. The number of hydrogen-bond acceptors (Lipinski definition) is 4. The van der Waals surface area contributed by atoms with Crippen molar-refractivity contribution in [3.05, 3.63) is 42.5 Å². The van der Waals surface area contributed by atoms with Crippen molar-refractivity contribution in [3.63, 3.8) is 0 Å². The fourth-order valence-corrected chi connectivity index (χ4v) is 2.77. The molecule has 3 rings (SSSR count). The van der Waals surface area contributed by atoms with Gasteiger partial charge in [-0.05, 0) is 23.8 Å². The van der Waals surface area contributed by atoms with Gasteiger partial charge >= 0.3 is 0 Å². The van der Waals surface area contributed by atoms with Crippen molar-refractivity contribution in [1.29, 1.82) is 0 Å². The average molecular weight is 256 g/mol. The number of aromatic nitrogens is 1. The van der Waals surface area contributed by atoms with Crippen LogP contribution in [0.2, 0.25) is 0 Å². The highest BCUT2D eigenvalue weighted by atomic mass is 32.1. The number of anilines is 1. The average Bonchev–Trinajstić information content (AvgIpc) is 2.77. The summed E-state index contributed by atoms with van der Waals surface area (Å²) in [6.07, 6.45) is 0. The Hall–Kier alpha value is -2.07. The molecule has 2 N–H and O–H groups in total.